The molecule has 2 rings (SSSR count). The number of aromatic hydroxyl groups is 1. The zero-order chi connectivity index (χ0) is 18.2. The number of carboxylic acids is 1. The summed E-state index contributed by atoms with van der Waals surface area (Å²) in [6.07, 6.45) is 6.17. The number of aliphatic hydroxyl groups is 1. The van der Waals surface area contributed by atoms with Crippen LogP contribution in [0.2, 0.25) is 0 Å². The van der Waals surface area contributed by atoms with Gasteiger partial charge in [0.05, 0.1) is 24.3 Å². The third kappa shape index (κ3) is 5.53. The number of H-pyrrole nitrogens is 1. The summed E-state index contributed by atoms with van der Waals surface area (Å²) in [5.41, 5.74) is 0.758. The molecule has 1 unspecified atom stereocenters. The van der Waals surface area contributed by atoms with Crippen molar-refractivity contribution in [1.29, 1.82) is 0 Å². The monoisotopic (exact) mass is 352 g/mol. The van der Waals surface area contributed by atoms with Crippen LogP contribution in [0.5, 0.6) is 5.88 Å². The van der Waals surface area contributed by atoms with Crippen LogP contribution in [0.4, 0.5) is 0 Å². The normalized spacial score (nSPS) is 12.4. The summed E-state index contributed by atoms with van der Waals surface area (Å²) in [6, 6.07) is 1.67. The minimum atomic E-state index is -0.798. The molecule has 0 saturated carbocycles. The van der Waals surface area contributed by atoms with Crippen LogP contribution in [0, 0.1) is 0 Å². The first kappa shape index (κ1) is 18.9. The van der Waals surface area contributed by atoms with E-state index in [4.69, 9.17) is 9.52 Å². The number of hydrogen-bond donors (Lipinski definition) is 4. The Labute approximate surface area is 144 Å². The van der Waals surface area contributed by atoms with Crippen molar-refractivity contribution in [2.24, 2.45) is 0 Å². The molecule has 1 atom stereocenters. The Morgan fingerprint density at radius 2 is 2.04 bits per heavy atom. The molecule has 0 amide bonds. The highest BCUT2D eigenvalue weighted by Crippen LogP contribution is 2.20. The molecule has 2 aromatic rings. The van der Waals surface area contributed by atoms with E-state index < -0.39 is 17.8 Å². The van der Waals surface area contributed by atoms with Gasteiger partial charge in [-0.15, -0.1) is 0 Å². The Hall–Kier alpha value is -2.48. The summed E-state index contributed by atoms with van der Waals surface area (Å²) in [5, 5.41) is 28.6. The highest BCUT2D eigenvalue weighted by Gasteiger charge is 2.15. The summed E-state index contributed by atoms with van der Waals surface area (Å²) in [7, 11) is 0. The van der Waals surface area contributed by atoms with Crippen molar-refractivity contribution in [3.63, 3.8) is 0 Å². The van der Waals surface area contributed by atoms with Crippen LogP contribution in [0.1, 0.15) is 55.9 Å². The summed E-state index contributed by atoms with van der Waals surface area (Å²) >= 11 is 0. The maximum Gasteiger partial charge on any atom is 0.328 e. The molecule has 8 nitrogen and oxygen atoms in total. The van der Waals surface area contributed by atoms with Crippen molar-refractivity contribution < 1.29 is 24.5 Å². The maximum atomic E-state index is 12.0. The Balaban J connectivity index is 1.86. The van der Waals surface area contributed by atoms with Crippen LogP contribution in [0.3, 0.4) is 0 Å². The van der Waals surface area contributed by atoms with Crippen molar-refractivity contribution in [3.05, 3.63) is 40.3 Å². The summed E-state index contributed by atoms with van der Waals surface area (Å²) in [4.78, 5) is 24.8. The lowest BCUT2D eigenvalue weighted by atomic mass is 10.1. The molecule has 8 heteroatoms. The highest BCUT2D eigenvalue weighted by atomic mass is 16.4. The van der Waals surface area contributed by atoms with E-state index in [1.807, 2.05) is 0 Å². The molecule has 138 valence electrons. The molecule has 4 N–H and O–H groups in total. The molecule has 2 heterocycles. The standard InChI is InChI=1S/C17H24N2O6/c20-14(12-8-10-25-11-12)7-9-19-13(16(23)18-17(19)24)5-3-1-2-4-6-15(21)22/h8,10-11,14,20,23H,1-7,9H2,(H,18,24)(H,21,22). The molecular weight excluding hydrogens is 328 g/mol. The fourth-order valence-corrected chi connectivity index (χ4v) is 2.79. The number of carbonyl (C=O) groups is 1. The highest BCUT2D eigenvalue weighted by molar-refractivity contribution is 5.66. The van der Waals surface area contributed by atoms with Gasteiger partial charge in [-0.3, -0.25) is 14.3 Å². The van der Waals surface area contributed by atoms with E-state index in [2.05, 4.69) is 4.98 Å². The zero-order valence-electron chi connectivity index (χ0n) is 14.0. The molecule has 0 aromatic carbocycles. The lowest BCUT2D eigenvalue weighted by Gasteiger charge is -2.11. The Bertz CT molecular complexity index is 716. The van der Waals surface area contributed by atoms with Gasteiger partial charge in [0.15, 0.2) is 0 Å². The minimum absolute atomic E-state index is 0.145. The molecule has 0 saturated heterocycles. The second-order valence-electron chi connectivity index (χ2n) is 6.05. The number of aromatic nitrogens is 2. The van der Waals surface area contributed by atoms with Crippen LogP contribution in [0.25, 0.3) is 0 Å². The van der Waals surface area contributed by atoms with Crippen molar-refractivity contribution in [3.8, 4) is 5.88 Å². The molecular formula is C17H24N2O6. The van der Waals surface area contributed by atoms with E-state index in [1.165, 1.54) is 17.1 Å². The van der Waals surface area contributed by atoms with Crippen LogP contribution in [0.15, 0.2) is 27.8 Å². The number of nitrogens with zero attached hydrogens (tertiary/aromatic N) is 1. The van der Waals surface area contributed by atoms with Crippen molar-refractivity contribution in [2.45, 2.75) is 57.6 Å². The third-order valence-electron chi connectivity index (χ3n) is 4.18. The number of hydrogen-bond acceptors (Lipinski definition) is 5. The molecule has 0 radical (unpaired) electrons. The Kier molecular flexibility index (Phi) is 6.88. The van der Waals surface area contributed by atoms with Crippen molar-refractivity contribution in [1.82, 2.24) is 9.55 Å². The second-order valence-corrected chi connectivity index (χ2v) is 6.05. The van der Waals surface area contributed by atoms with Gasteiger partial charge in [-0.25, -0.2) is 4.79 Å². The molecule has 0 aliphatic carbocycles. The number of rotatable bonds is 11. The fourth-order valence-electron chi connectivity index (χ4n) is 2.79. The molecule has 0 fully saturated rings. The first-order chi connectivity index (χ1) is 12.0. The number of carboxylic acid groups (broad SMARTS) is 1. The smallest absolute Gasteiger partial charge is 0.328 e. The molecule has 0 aliphatic rings. The number of nitrogens with one attached hydrogen (secondary N) is 1. The van der Waals surface area contributed by atoms with Crippen LogP contribution in [-0.2, 0) is 17.8 Å². The topological polar surface area (TPSA) is 129 Å². The first-order valence-corrected chi connectivity index (χ1v) is 8.41. The number of aliphatic hydroxyl groups excluding tert-OH is 1. The summed E-state index contributed by atoms with van der Waals surface area (Å²) < 4.78 is 6.37. The van der Waals surface area contributed by atoms with E-state index in [0.29, 0.717) is 30.5 Å². The SMILES string of the molecule is O=C(O)CCCCCCc1c(O)[nH]c(=O)n1CCC(O)c1ccoc1. The van der Waals surface area contributed by atoms with Gasteiger partial charge in [0.2, 0.25) is 5.88 Å². The number of unbranched alkanes of at least 4 members (excludes halogenated alkanes) is 3. The second kappa shape index (κ2) is 9.12. The van der Waals surface area contributed by atoms with Gasteiger partial charge in [0, 0.05) is 18.5 Å². The summed E-state index contributed by atoms with van der Waals surface area (Å²) in [5.74, 6) is -0.943. The molecule has 0 spiro atoms. The number of aliphatic carboxylic acids is 1. The molecule has 25 heavy (non-hydrogen) atoms. The van der Waals surface area contributed by atoms with Gasteiger partial charge >= 0.3 is 11.7 Å². The zero-order valence-corrected chi connectivity index (χ0v) is 14.0. The van der Waals surface area contributed by atoms with E-state index in [1.54, 1.807) is 6.07 Å². The van der Waals surface area contributed by atoms with Gasteiger partial charge in [-0.1, -0.05) is 12.8 Å². The van der Waals surface area contributed by atoms with Gasteiger partial charge in [0.1, 0.15) is 0 Å². The van der Waals surface area contributed by atoms with E-state index in [-0.39, 0.29) is 18.8 Å². The largest absolute Gasteiger partial charge is 0.493 e. The predicted octanol–water partition coefficient (Wildman–Crippen LogP) is 2.18. The first-order valence-electron chi connectivity index (χ1n) is 8.41. The van der Waals surface area contributed by atoms with E-state index >= 15 is 0 Å². The van der Waals surface area contributed by atoms with Crippen LogP contribution < -0.4 is 5.69 Å². The average Bonchev–Trinajstić information content (AvgIpc) is 3.17. The van der Waals surface area contributed by atoms with E-state index in [9.17, 15) is 19.8 Å². The quantitative estimate of drug-likeness (QED) is 0.459. The number of imidazole rings is 1. The maximum absolute atomic E-state index is 12.0. The minimum Gasteiger partial charge on any atom is -0.493 e. The summed E-state index contributed by atoms with van der Waals surface area (Å²) in [6.45, 7) is 0.274. The lowest BCUT2D eigenvalue weighted by Crippen LogP contribution is -2.20. The predicted molar refractivity (Wildman–Crippen MR) is 89.4 cm³/mol. The number of furan rings is 1. The van der Waals surface area contributed by atoms with Crippen LogP contribution >= 0.6 is 0 Å². The van der Waals surface area contributed by atoms with Gasteiger partial charge in [-0.2, -0.15) is 0 Å². The van der Waals surface area contributed by atoms with Crippen LogP contribution in [-0.4, -0.2) is 30.8 Å². The van der Waals surface area contributed by atoms with E-state index in [0.717, 1.165) is 19.3 Å². The molecule has 0 aliphatic heterocycles. The third-order valence-corrected chi connectivity index (χ3v) is 4.18. The van der Waals surface area contributed by atoms with Gasteiger partial charge in [-0.05, 0) is 31.7 Å². The van der Waals surface area contributed by atoms with Gasteiger partial charge < -0.3 is 19.7 Å². The van der Waals surface area contributed by atoms with Crippen molar-refractivity contribution >= 4 is 5.97 Å². The van der Waals surface area contributed by atoms with Gasteiger partial charge in [0.25, 0.3) is 0 Å². The Morgan fingerprint density at radius 3 is 2.72 bits per heavy atom. The Morgan fingerprint density at radius 1 is 1.28 bits per heavy atom. The molecule has 0 bridgehead atoms. The molecule has 2 aromatic heterocycles. The average molecular weight is 352 g/mol. The van der Waals surface area contributed by atoms with Crippen molar-refractivity contribution in [2.75, 3.05) is 0 Å². The lowest BCUT2D eigenvalue weighted by molar-refractivity contribution is -0.137. The number of aromatic amines is 1. The fraction of sp³-hybridized carbons (Fsp3) is 0.529.